The molecule has 0 aliphatic heterocycles. The molecule has 1 amide bonds. The molecule has 0 unspecified atom stereocenters. The van der Waals surface area contributed by atoms with Gasteiger partial charge in [0.15, 0.2) is 0 Å². The van der Waals surface area contributed by atoms with Gasteiger partial charge in [-0.1, -0.05) is 17.7 Å². The van der Waals surface area contributed by atoms with E-state index in [-0.39, 0.29) is 5.91 Å². The minimum absolute atomic E-state index is 0.191. The summed E-state index contributed by atoms with van der Waals surface area (Å²) in [5.74, 6) is 0.525. The number of nitrogens with one attached hydrogen (secondary N) is 1. The first-order valence-electron chi connectivity index (χ1n) is 6.51. The highest BCUT2D eigenvalue weighted by atomic mass is 79.9. The molecule has 2 aromatic carbocycles. The average Bonchev–Trinajstić information content (AvgIpc) is 2.46. The molecule has 0 heterocycles. The van der Waals surface area contributed by atoms with Gasteiger partial charge in [0.1, 0.15) is 5.75 Å². The van der Waals surface area contributed by atoms with Gasteiger partial charge in [-0.3, -0.25) is 4.79 Å². The summed E-state index contributed by atoms with van der Waals surface area (Å²) in [7, 11) is 0. The molecule has 2 aromatic rings. The number of amides is 1. The van der Waals surface area contributed by atoms with Crippen LogP contribution in [0.15, 0.2) is 40.9 Å². The Morgan fingerprint density at radius 2 is 2.10 bits per heavy atom. The second-order valence-corrected chi connectivity index (χ2v) is 5.71. The lowest BCUT2D eigenvalue weighted by atomic mass is 10.1. The van der Waals surface area contributed by atoms with E-state index < -0.39 is 0 Å². The Morgan fingerprint density at radius 1 is 1.33 bits per heavy atom. The zero-order valence-corrected chi connectivity index (χ0v) is 14.1. The fourth-order valence-electron chi connectivity index (χ4n) is 1.85. The Kier molecular flexibility index (Phi) is 5.26. The van der Waals surface area contributed by atoms with Crippen molar-refractivity contribution in [3.05, 3.63) is 57.0 Å². The van der Waals surface area contributed by atoms with E-state index in [1.807, 2.05) is 19.9 Å². The zero-order valence-electron chi connectivity index (χ0n) is 11.7. The molecule has 0 radical (unpaired) electrons. The number of rotatable bonds is 4. The molecule has 0 aliphatic rings. The molecule has 21 heavy (non-hydrogen) atoms. The van der Waals surface area contributed by atoms with Crippen molar-refractivity contribution in [2.45, 2.75) is 13.8 Å². The number of halogens is 2. The summed E-state index contributed by atoms with van der Waals surface area (Å²) in [6.07, 6.45) is 0. The largest absolute Gasteiger partial charge is 0.493 e. The van der Waals surface area contributed by atoms with Crippen molar-refractivity contribution in [3.63, 3.8) is 0 Å². The van der Waals surface area contributed by atoms with E-state index in [1.165, 1.54) is 0 Å². The zero-order chi connectivity index (χ0) is 15.4. The van der Waals surface area contributed by atoms with Gasteiger partial charge in [-0.15, -0.1) is 0 Å². The summed E-state index contributed by atoms with van der Waals surface area (Å²) in [6, 6.07) is 10.7. The smallest absolute Gasteiger partial charge is 0.255 e. The minimum Gasteiger partial charge on any atom is -0.493 e. The predicted octanol–water partition coefficient (Wildman–Crippen LogP) is 5.06. The Morgan fingerprint density at radius 3 is 2.76 bits per heavy atom. The average molecular weight is 369 g/mol. The highest BCUT2D eigenvalue weighted by molar-refractivity contribution is 9.10. The quantitative estimate of drug-likeness (QED) is 0.819. The molecular formula is C16H15BrClNO2. The number of hydrogen-bond acceptors (Lipinski definition) is 2. The van der Waals surface area contributed by atoms with Crippen LogP contribution in [-0.4, -0.2) is 12.5 Å². The molecule has 0 spiro atoms. The molecular weight excluding hydrogens is 354 g/mol. The molecule has 110 valence electrons. The van der Waals surface area contributed by atoms with Gasteiger partial charge in [0.05, 0.1) is 11.1 Å². The number of benzene rings is 2. The van der Waals surface area contributed by atoms with Crippen molar-refractivity contribution in [1.29, 1.82) is 0 Å². The molecule has 0 saturated heterocycles. The molecule has 0 aliphatic carbocycles. The number of hydrogen-bond donors (Lipinski definition) is 1. The Balaban J connectivity index is 2.21. The van der Waals surface area contributed by atoms with Gasteiger partial charge in [-0.2, -0.15) is 0 Å². The van der Waals surface area contributed by atoms with Crippen molar-refractivity contribution in [3.8, 4) is 5.75 Å². The number of anilines is 1. The summed E-state index contributed by atoms with van der Waals surface area (Å²) in [6.45, 7) is 4.35. The summed E-state index contributed by atoms with van der Waals surface area (Å²) in [5, 5.41) is 3.49. The van der Waals surface area contributed by atoms with Crippen molar-refractivity contribution < 1.29 is 9.53 Å². The van der Waals surface area contributed by atoms with Gasteiger partial charge in [-0.05, 0) is 65.7 Å². The molecule has 0 fully saturated rings. The molecule has 2 rings (SSSR count). The van der Waals surface area contributed by atoms with Gasteiger partial charge < -0.3 is 10.1 Å². The predicted molar refractivity (Wildman–Crippen MR) is 89.5 cm³/mol. The highest BCUT2D eigenvalue weighted by Crippen LogP contribution is 2.27. The third-order valence-electron chi connectivity index (χ3n) is 3.01. The van der Waals surface area contributed by atoms with Crippen LogP contribution >= 0.6 is 27.5 Å². The summed E-state index contributed by atoms with van der Waals surface area (Å²) < 4.78 is 6.18. The van der Waals surface area contributed by atoms with Crippen LogP contribution in [0.5, 0.6) is 5.75 Å². The van der Waals surface area contributed by atoms with Gasteiger partial charge in [-0.25, -0.2) is 0 Å². The van der Waals surface area contributed by atoms with Gasteiger partial charge in [0.2, 0.25) is 0 Å². The Labute approximate surface area is 137 Å². The maximum atomic E-state index is 12.3. The number of ether oxygens (including phenoxy) is 1. The normalized spacial score (nSPS) is 10.3. The monoisotopic (exact) mass is 367 g/mol. The topological polar surface area (TPSA) is 38.3 Å². The first-order valence-corrected chi connectivity index (χ1v) is 7.69. The van der Waals surface area contributed by atoms with Crippen molar-refractivity contribution in [2.24, 2.45) is 0 Å². The molecule has 3 nitrogen and oxygen atoms in total. The van der Waals surface area contributed by atoms with E-state index in [1.54, 1.807) is 30.3 Å². The standard InChI is InChI=1S/C16H15BrClNO2/c1-3-21-15-8-7-11(9-12(15)17)16(20)19-14-6-4-5-13(18)10(14)2/h4-9H,3H2,1-2H3,(H,19,20). The second-order valence-electron chi connectivity index (χ2n) is 4.44. The summed E-state index contributed by atoms with van der Waals surface area (Å²) >= 11 is 9.45. The molecule has 0 aromatic heterocycles. The SMILES string of the molecule is CCOc1ccc(C(=O)Nc2cccc(Cl)c2C)cc1Br. The summed E-state index contributed by atoms with van der Waals surface area (Å²) in [4.78, 5) is 12.3. The van der Waals surface area contributed by atoms with Crippen LogP contribution in [-0.2, 0) is 0 Å². The van der Waals surface area contributed by atoms with Crippen LogP contribution in [0.3, 0.4) is 0 Å². The van der Waals surface area contributed by atoms with E-state index >= 15 is 0 Å². The van der Waals surface area contributed by atoms with E-state index in [4.69, 9.17) is 16.3 Å². The van der Waals surface area contributed by atoms with E-state index in [0.29, 0.717) is 28.6 Å². The molecule has 5 heteroatoms. The van der Waals surface area contributed by atoms with Crippen LogP contribution in [0.1, 0.15) is 22.8 Å². The maximum absolute atomic E-state index is 12.3. The van der Waals surface area contributed by atoms with Crippen LogP contribution in [0.2, 0.25) is 5.02 Å². The first kappa shape index (κ1) is 15.9. The lowest BCUT2D eigenvalue weighted by Gasteiger charge is -2.11. The fourth-order valence-corrected chi connectivity index (χ4v) is 2.52. The first-order chi connectivity index (χ1) is 10.0. The maximum Gasteiger partial charge on any atom is 0.255 e. The third kappa shape index (κ3) is 3.77. The second kappa shape index (κ2) is 6.96. The lowest BCUT2D eigenvalue weighted by Crippen LogP contribution is -2.13. The molecule has 1 N–H and O–H groups in total. The van der Waals surface area contributed by atoms with Gasteiger partial charge >= 0.3 is 0 Å². The Bertz CT molecular complexity index is 673. The number of carbonyl (C=O) groups is 1. The van der Waals surface area contributed by atoms with Gasteiger partial charge in [0, 0.05) is 16.3 Å². The molecule has 0 bridgehead atoms. The van der Waals surface area contributed by atoms with E-state index in [2.05, 4.69) is 21.2 Å². The fraction of sp³-hybridized carbons (Fsp3) is 0.188. The third-order valence-corrected chi connectivity index (χ3v) is 4.04. The Hall–Kier alpha value is -1.52. The summed E-state index contributed by atoms with van der Waals surface area (Å²) in [5.41, 5.74) is 2.10. The molecule has 0 saturated carbocycles. The van der Waals surface area contributed by atoms with Crippen molar-refractivity contribution in [1.82, 2.24) is 0 Å². The van der Waals surface area contributed by atoms with Crippen molar-refractivity contribution >= 4 is 39.1 Å². The number of carbonyl (C=O) groups excluding carboxylic acids is 1. The van der Waals surface area contributed by atoms with Crippen LogP contribution in [0.25, 0.3) is 0 Å². The van der Waals surface area contributed by atoms with Gasteiger partial charge in [0.25, 0.3) is 5.91 Å². The minimum atomic E-state index is -0.191. The van der Waals surface area contributed by atoms with Crippen LogP contribution < -0.4 is 10.1 Å². The van der Waals surface area contributed by atoms with Crippen LogP contribution in [0, 0.1) is 6.92 Å². The molecule has 0 atom stereocenters. The lowest BCUT2D eigenvalue weighted by molar-refractivity contribution is 0.102. The van der Waals surface area contributed by atoms with E-state index in [9.17, 15) is 4.79 Å². The van der Waals surface area contributed by atoms with E-state index in [0.717, 1.165) is 10.0 Å². The van der Waals surface area contributed by atoms with Crippen molar-refractivity contribution in [2.75, 3.05) is 11.9 Å². The highest BCUT2D eigenvalue weighted by Gasteiger charge is 2.11. The van der Waals surface area contributed by atoms with Crippen LogP contribution in [0.4, 0.5) is 5.69 Å².